The molecule has 3 nitrogen and oxygen atoms in total. The van der Waals surface area contributed by atoms with Gasteiger partial charge in [0.05, 0.1) is 5.52 Å². The zero-order chi connectivity index (χ0) is 13.2. The molecule has 1 N–H and O–H groups in total. The van der Waals surface area contributed by atoms with Crippen LogP contribution in [0.2, 0.25) is 0 Å². The Bertz CT molecular complexity index is 740. The molecule has 0 fully saturated rings. The number of benzene rings is 2. The first-order valence-electron chi connectivity index (χ1n) is 5.96. The zero-order valence-electron chi connectivity index (χ0n) is 10.4. The quantitative estimate of drug-likeness (QED) is 0.754. The van der Waals surface area contributed by atoms with Crippen LogP contribution in [0.25, 0.3) is 10.9 Å². The number of rotatable bonds is 2. The first kappa shape index (κ1) is 11.6. The number of hydrogen-bond acceptors (Lipinski definition) is 3. The van der Waals surface area contributed by atoms with Crippen molar-refractivity contribution in [3.8, 4) is 0 Å². The molecule has 2 aromatic carbocycles. The predicted octanol–water partition coefficient (Wildman–Crippen LogP) is 3.82. The molecule has 0 spiro atoms. The molecule has 0 saturated carbocycles. The summed E-state index contributed by atoms with van der Waals surface area (Å²) in [6, 6.07) is 12.3. The summed E-state index contributed by atoms with van der Waals surface area (Å²) < 4.78 is 13.2. The SMILES string of the molecule is Cc1ccc2ncnc(Nc3cccc(F)c3)c2c1. The number of fused-ring (bicyclic) bond motifs is 1. The van der Waals surface area contributed by atoms with Crippen molar-refractivity contribution in [2.24, 2.45) is 0 Å². The molecule has 3 rings (SSSR count). The van der Waals surface area contributed by atoms with Gasteiger partial charge in [-0.1, -0.05) is 17.7 Å². The highest BCUT2D eigenvalue weighted by molar-refractivity contribution is 5.90. The molecule has 0 aliphatic carbocycles. The van der Waals surface area contributed by atoms with Crippen LogP contribution >= 0.6 is 0 Å². The Kier molecular flexibility index (Phi) is 2.83. The number of anilines is 2. The van der Waals surface area contributed by atoms with Gasteiger partial charge >= 0.3 is 0 Å². The van der Waals surface area contributed by atoms with Gasteiger partial charge < -0.3 is 5.32 Å². The Hall–Kier alpha value is -2.49. The van der Waals surface area contributed by atoms with Crippen LogP contribution in [0.1, 0.15) is 5.56 Å². The topological polar surface area (TPSA) is 37.8 Å². The molecule has 94 valence electrons. The minimum absolute atomic E-state index is 0.278. The summed E-state index contributed by atoms with van der Waals surface area (Å²) in [5.41, 5.74) is 2.66. The first-order chi connectivity index (χ1) is 9.22. The Morgan fingerprint density at radius 2 is 1.95 bits per heavy atom. The van der Waals surface area contributed by atoms with Crippen LogP contribution in [0.3, 0.4) is 0 Å². The largest absolute Gasteiger partial charge is 0.340 e. The van der Waals surface area contributed by atoms with E-state index in [1.807, 2.05) is 25.1 Å². The van der Waals surface area contributed by atoms with Crippen LogP contribution in [-0.2, 0) is 0 Å². The van der Waals surface area contributed by atoms with E-state index in [-0.39, 0.29) is 5.82 Å². The molecule has 0 atom stereocenters. The van der Waals surface area contributed by atoms with Gasteiger partial charge in [-0.3, -0.25) is 0 Å². The van der Waals surface area contributed by atoms with Gasteiger partial charge in [0.25, 0.3) is 0 Å². The van der Waals surface area contributed by atoms with Crippen LogP contribution < -0.4 is 5.32 Å². The number of nitrogens with one attached hydrogen (secondary N) is 1. The standard InChI is InChI=1S/C15H12FN3/c1-10-5-6-14-13(7-10)15(18-9-17-14)19-12-4-2-3-11(16)8-12/h2-9H,1H3,(H,17,18,19). The summed E-state index contributed by atoms with van der Waals surface area (Å²) in [6.07, 6.45) is 1.50. The smallest absolute Gasteiger partial charge is 0.141 e. The third-order valence-electron chi connectivity index (χ3n) is 2.88. The van der Waals surface area contributed by atoms with E-state index in [0.29, 0.717) is 11.5 Å². The molecule has 0 bridgehead atoms. The molecule has 1 heterocycles. The molecule has 0 radical (unpaired) electrons. The molecule has 0 aliphatic rings. The lowest BCUT2D eigenvalue weighted by molar-refractivity contribution is 0.628. The van der Waals surface area contributed by atoms with Crippen LogP contribution in [0.15, 0.2) is 48.8 Å². The van der Waals surface area contributed by atoms with E-state index >= 15 is 0 Å². The van der Waals surface area contributed by atoms with E-state index in [2.05, 4.69) is 15.3 Å². The van der Waals surface area contributed by atoms with E-state index in [1.54, 1.807) is 12.1 Å². The third-order valence-corrected chi connectivity index (χ3v) is 2.88. The maximum atomic E-state index is 13.2. The monoisotopic (exact) mass is 253 g/mol. The number of aromatic nitrogens is 2. The summed E-state index contributed by atoms with van der Waals surface area (Å²) in [7, 11) is 0. The maximum Gasteiger partial charge on any atom is 0.141 e. The minimum atomic E-state index is -0.278. The lowest BCUT2D eigenvalue weighted by Crippen LogP contribution is -1.96. The van der Waals surface area contributed by atoms with Crippen molar-refractivity contribution in [3.63, 3.8) is 0 Å². The first-order valence-corrected chi connectivity index (χ1v) is 5.96. The fourth-order valence-electron chi connectivity index (χ4n) is 1.97. The zero-order valence-corrected chi connectivity index (χ0v) is 10.4. The van der Waals surface area contributed by atoms with E-state index in [4.69, 9.17) is 0 Å². The number of halogens is 1. The molecular formula is C15H12FN3. The van der Waals surface area contributed by atoms with E-state index in [0.717, 1.165) is 16.5 Å². The Labute approximate surface area is 110 Å². The van der Waals surface area contributed by atoms with Crippen molar-refractivity contribution >= 4 is 22.4 Å². The Morgan fingerprint density at radius 3 is 2.79 bits per heavy atom. The summed E-state index contributed by atoms with van der Waals surface area (Å²) in [5.74, 6) is 0.402. The van der Waals surface area contributed by atoms with Gasteiger partial charge in [0.2, 0.25) is 0 Å². The van der Waals surface area contributed by atoms with Crippen LogP contribution in [-0.4, -0.2) is 9.97 Å². The second kappa shape index (κ2) is 4.65. The van der Waals surface area contributed by atoms with Crippen molar-refractivity contribution in [3.05, 3.63) is 60.2 Å². The molecule has 3 aromatic rings. The molecule has 0 aliphatic heterocycles. The fourth-order valence-corrected chi connectivity index (χ4v) is 1.97. The lowest BCUT2D eigenvalue weighted by atomic mass is 10.1. The summed E-state index contributed by atoms with van der Waals surface area (Å²) in [5, 5.41) is 4.05. The predicted molar refractivity (Wildman–Crippen MR) is 74.0 cm³/mol. The highest BCUT2D eigenvalue weighted by Crippen LogP contribution is 2.24. The molecular weight excluding hydrogens is 241 g/mol. The second-order valence-electron chi connectivity index (χ2n) is 4.38. The fraction of sp³-hybridized carbons (Fsp3) is 0.0667. The van der Waals surface area contributed by atoms with Crippen LogP contribution in [0, 0.1) is 12.7 Å². The van der Waals surface area contributed by atoms with Gasteiger partial charge in [-0.15, -0.1) is 0 Å². The average Bonchev–Trinajstić information content (AvgIpc) is 2.39. The van der Waals surface area contributed by atoms with Gasteiger partial charge in [0.15, 0.2) is 0 Å². The molecule has 0 saturated heterocycles. The third kappa shape index (κ3) is 2.38. The molecule has 4 heteroatoms. The van der Waals surface area contributed by atoms with Gasteiger partial charge in [-0.2, -0.15) is 0 Å². The van der Waals surface area contributed by atoms with Gasteiger partial charge in [0.1, 0.15) is 18.0 Å². The van der Waals surface area contributed by atoms with Crippen LogP contribution in [0.5, 0.6) is 0 Å². The number of nitrogens with zero attached hydrogens (tertiary/aromatic N) is 2. The van der Waals surface area contributed by atoms with Gasteiger partial charge in [0, 0.05) is 11.1 Å². The van der Waals surface area contributed by atoms with E-state index in [1.165, 1.54) is 18.5 Å². The van der Waals surface area contributed by atoms with Crippen molar-refractivity contribution in [2.45, 2.75) is 6.92 Å². The highest BCUT2D eigenvalue weighted by atomic mass is 19.1. The van der Waals surface area contributed by atoms with Crippen molar-refractivity contribution in [1.29, 1.82) is 0 Å². The Balaban J connectivity index is 2.07. The van der Waals surface area contributed by atoms with Crippen molar-refractivity contribution in [2.75, 3.05) is 5.32 Å². The normalized spacial score (nSPS) is 10.6. The lowest BCUT2D eigenvalue weighted by Gasteiger charge is -2.08. The van der Waals surface area contributed by atoms with E-state index < -0.39 is 0 Å². The van der Waals surface area contributed by atoms with Crippen molar-refractivity contribution < 1.29 is 4.39 Å². The summed E-state index contributed by atoms with van der Waals surface area (Å²) >= 11 is 0. The molecule has 1 aromatic heterocycles. The summed E-state index contributed by atoms with van der Waals surface area (Å²) in [4.78, 5) is 8.45. The van der Waals surface area contributed by atoms with Crippen molar-refractivity contribution in [1.82, 2.24) is 9.97 Å². The highest BCUT2D eigenvalue weighted by Gasteiger charge is 2.04. The van der Waals surface area contributed by atoms with Gasteiger partial charge in [-0.05, 0) is 37.3 Å². The maximum absolute atomic E-state index is 13.2. The number of hydrogen-bond donors (Lipinski definition) is 1. The molecule has 0 unspecified atom stereocenters. The van der Waals surface area contributed by atoms with E-state index in [9.17, 15) is 4.39 Å². The van der Waals surface area contributed by atoms with Gasteiger partial charge in [-0.25, -0.2) is 14.4 Å². The number of aryl methyl sites for hydroxylation is 1. The summed E-state index contributed by atoms with van der Waals surface area (Å²) in [6.45, 7) is 2.01. The molecule has 0 amide bonds. The molecule has 19 heavy (non-hydrogen) atoms. The van der Waals surface area contributed by atoms with Crippen LogP contribution in [0.4, 0.5) is 15.9 Å². The minimum Gasteiger partial charge on any atom is -0.340 e. The second-order valence-corrected chi connectivity index (χ2v) is 4.38. The average molecular weight is 253 g/mol. The Morgan fingerprint density at radius 1 is 1.05 bits per heavy atom.